The number of nitrogens with zero attached hydrogens (tertiary/aromatic N) is 1. The maximum absolute atomic E-state index is 8.63. The maximum atomic E-state index is 8.63. The van der Waals surface area contributed by atoms with Crippen molar-refractivity contribution in [3.8, 4) is 17.6 Å². The second-order valence-corrected chi connectivity index (χ2v) is 4.05. The van der Waals surface area contributed by atoms with Crippen molar-refractivity contribution in [3.05, 3.63) is 22.2 Å². The highest BCUT2D eigenvalue weighted by Gasteiger charge is 2.15. The number of ether oxygens (including phenoxy) is 2. The first kappa shape index (κ1) is 12.8. The molecule has 0 fully saturated rings. The van der Waals surface area contributed by atoms with Gasteiger partial charge in [-0.2, -0.15) is 5.26 Å². The summed E-state index contributed by atoms with van der Waals surface area (Å²) in [6, 6.07) is 5.23. The molecule has 2 N–H and O–H groups in total. The Balaban J connectivity index is 3.20. The summed E-state index contributed by atoms with van der Waals surface area (Å²) in [7, 11) is 3.14. The van der Waals surface area contributed by atoms with Crippen molar-refractivity contribution in [1.82, 2.24) is 0 Å². The number of methoxy groups -OCH3 is 2. The van der Waals surface area contributed by atoms with E-state index < -0.39 is 0 Å². The second-order valence-electron chi connectivity index (χ2n) is 3.20. The number of nitrogens with two attached hydrogens (primary N) is 1. The molecule has 5 heteroatoms. The minimum absolute atomic E-state index is 0.237. The van der Waals surface area contributed by atoms with Crippen molar-refractivity contribution in [2.24, 2.45) is 5.73 Å². The van der Waals surface area contributed by atoms with Gasteiger partial charge in [-0.05, 0) is 28.1 Å². The quantitative estimate of drug-likeness (QED) is 0.922. The van der Waals surface area contributed by atoms with E-state index in [0.29, 0.717) is 11.5 Å². The highest BCUT2D eigenvalue weighted by atomic mass is 79.9. The zero-order chi connectivity index (χ0) is 12.1. The van der Waals surface area contributed by atoms with Crippen LogP contribution in [0.4, 0.5) is 0 Å². The van der Waals surface area contributed by atoms with Gasteiger partial charge in [0.15, 0.2) is 0 Å². The Morgan fingerprint density at radius 3 is 2.50 bits per heavy atom. The van der Waals surface area contributed by atoms with Crippen LogP contribution in [0.1, 0.15) is 18.0 Å². The molecule has 0 saturated carbocycles. The summed E-state index contributed by atoms with van der Waals surface area (Å²) in [6.07, 6.45) is 0.237. The van der Waals surface area contributed by atoms with Crippen LogP contribution in [0.5, 0.6) is 11.5 Å². The van der Waals surface area contributed by atoms with E-state index in [-0.39, 0.29) is 12.5 Å². The molecule has 1 rings (SSSR count). The number of hydrogen-bond donors (Lipinski definition) is 1. The Morgan fingerprint density at radius 2 is 2.00 bits per heavy atom. The molecule has 0 aromatic heterocycles. The normalized spacial score (nSPS) is 11.7. The van der Waals surface area contributed by atoms with E-state index in [0.717, 1.165) is 10.0 Å². The van der Waals surface area contributed by atoms with Gasteiger partial charge in [0, 0.05) is 11.6 Å². The first-order valence-electron chi connectivity index (χ1n) is 4.68. The van der Waals surface area contributed by atoms with Crippen molar-refractivity contribution in [1.29, 1.82) is 5.26 Å². The highest BCUT2D eigenvalue weighted by molar-refractivity contribution is 9.10. The fourth-order valence-corrected chi connectivity index (χ4v) is 1.87. The van der Waals surface area contributed by atoms with E-state index in [2.05, 4.69) is 15.9 Å². The van der Waals surface area contributed by atoms with E-state index in [1.165, 1.54) is 0 Å². The van der Waals surface area contributed by atoms with Gasteiger partial charge >= 0.3 is 0 Å². The van der Waals surface area contributed by atoms with Crippen LogP contribution >= 0.6 is 15.9 Å². The van der Waals surface area contributed by atoms with Crippen molar-refractivity contribution in [2.75, 3.05) is 14.2 Å². The molecule has 0 amide bonds. The molecule has 1 atom stereocenters. The molecular formula is C11H13BrN2O2. The Morgan fingerprint density at radius 1 is 1.38 bits per heavy atom. The van der Waals surface area contributed by atoms with Gasteiger partial charge in [-0.3, -0.25) is 0 Å². The summed E-state index contributed by atoms with van der Waals surface area (Å²) in [5, 5.41) is 8.63. The molecule has 0 spiro atoms. The van der Waals surface area contributed by atoms with Crippen molar-refractivity contribution in [3.63, 3.8) is 0 Å². The summed E-state index contributed by atoms with van der Waals surface area (Å²) >= 11 is 3.36. The van der Waals surface area contributed by atoms with Crippen LogP contribution in [0, 0.1) is 11.3 Å². The molecule has 0 heterocycles. The van der Waals surface area contributed by atoms with E-state index >= 15 is 0 Å². The van der Waals surface area contributed by atoms with Gasteiger partial charge in [0.05, 0.1) is 31.2 Å². The van der Waals surface area contributed by atoms with E-state index in [1.807, 2.05) is 6.07 Å². The third-order valence-electron chi connectivity index (χ3n) is 2.21. The first-order valence-corrected chi connectivity index (χ1v) is 5.47. The predicted octanol–water partition coefficient (Wildman–Crippen LogP) is 2.38. The van der Waals surface area contributed by atoms with Gasteiger partial charge in [-0.25, -0.2) is 0 Å². The van der Waals surface area contributed by atoms with Crippen molar-refractivity contribution < 1.29 is 9.47 Å². The van der Waals surface area contributed by atoms with Gasteiger partial charge in [0.1, 0.15) is 11.5 Å². The predicted molar refractivity (Wildman–Crippen MR) is 64.4 cm³/mol. The molecule has 1 aromatic carbocycles. The van der Waals surface area contributed by atoms with Crippen LogP contribution in [-0.4, -0.2) is 14.2 Å². The maximum Gasteiger partial charge on any atom is 0.133 e. The average molecular weight is 285 g/mol. The van der Waals surface area contributed by atoms with E-state index in [4.69, 9.17) is 20.5 Å². The van der Waals surface area contributed by atoms with Crippen LogP contribution in [-0.2, 0) is 0 Å². The standard InChI is InChI=1S/C11H13BrN2O2/c1-15-10-6-8(12)11(16-2)5-7(10)9(14)3-4-13/h5-6,9H,3,14H2,1-2H3/t9-/m0/s1. The van der Waals surface area contributed by atoms with Crippen LogP contribution in [0.25, 0.3) is 0 Å². The zero-order valence-corrected chi connectivity index (χ0v) is 10.7. The molecule has 0 aliphatic carbocycles. The second kappa shape index (κ2) is 5.73. The molecule has 1 aromatic rings. The summed E-state index contributed by atoms with van der Waals surface area (Å²) < 4.78 is 11.2. The lowest BCUT2D eigenvalue weighted by atomic mass is 10.0. The topological polar surface area (TPSA) is 68.3 Å². The third kappa shape index (κ3) is 2.65. The van der Waals surface area contributed by atoms with E-state index in [9.17, 15) is 0 Å². The van der Waals surface area contributed by atoms with Gasteiger partial charge in [-0.1, -0.05) is 0 Å². The van der Waals surface area contributed by atoms with Gasteiger partial charge in [0.25, 0.3) is 0 Å². The number of benzene rings is 1. The number of nitriles is 1. The monoisotopic (exact) mass is 284 g/mol. The number of rotatable bonds is 4. The number of hydrogen-bond acceptors (Lipinski definition) is 4. The van der Waals surface area contributed by atoms with Gasteiger partial charge in [0.2, 0.25) is 0 Å². The van der Waals surface area contributed by atoms with Crippen LogP contribution in [0.15, 0.2) is 16.6 Å². The van der Waals surface area contributed by atoms with Gasteiger partial charge < -0.3 is 15.2 Å². The fourth-order valence-electron chi connectivity index (χ4n) is 1.38. The molecule has 86 valence electrons. The highest BCUT2D eigenvalue weighted by Crippen LogP contribution is 2.35. The Hall–Kier alpha value is -1.25. The summed E-state index contributed by atoms with van der Waals surface area (Å²) in [6.45, 7) is 0. The minimum atomic E-state index is -0.373. The largest absolute Gasteiger partial charge is 0.496 e. The Bertz CT molecular complexity index is 415. The summed E-state index contributed by atoms with van der Waals surface area (Å²) in [5.74, 6) is 1.32. The first-order chi connectivity index (χ1) is 7.63. The molecule has 4 nitrogen and oxygen atoms in total. The Labute approximate surface area is 103 Å². The average Bonchev–Trinajstić information content (AvgIpc) is 2.28. The van der Waals surface area contributed by atoms with Crippen molar-refractivity contribution in [2.45, 2.75) is 12.5 Å². The molecule has 0 radical (unpaired) electrons. The fraction of sp³-hybridized carbons (Fsp3) is 0.364. The number of halogens is 1. The SMILES string of the molecule is COc1cc([C@@H](N)CC#N)c(OC)cc1Br. The lowest BCUT2D eigenvalue weighted by Crippen LogP contribution is -2.11. The molecule has 0 aliphatic rings. The van der Waals surface area contributed by atoms with Crippen LogP contribution in [0.2, 0.25) is 0 Å². The van der Waals surface area contributed by atoms with Crippen molar-refractivity contribution >= 4 is 15.9 Å². The molecule has 16 heavy (non-hydrogen) atoms. The zero-order valence-electron chi connectivity index (χ0n) is 9.16. The lowest BCUT2D eigenvalue weighted by molar-refractivity contribution is 0.393. The Kier molecular flexibility index (Phi) is 4.59. The lowest BCUT2D eigenvalue weighted by Gasteiger charge is -2.15. The molecule has 0 unspecified atom stereocenters. The smallest absolute Gasteiger partial charge is 0.133 e. The van der Waals surface area contributed by atoms with Crippen LogP contribution < -0.4 is 15.2 Å². The van der Waals surface area contributed by atoms with Gasteiger partial charge in [-0.15, -0.1) is 0 Å². The molecule has 0 bridgehead atoms. The van der Waals surface area contributed by atoms with Crippen LogP contribution in [0.3, 0.4) is 0 Å². The molecule has 0 saturated heterocycles. The summed E-state index contributed by atoms with van der Waals surface area (Å²) in [4.78, 5) is 0. The minimum Gasteiger partial charge on any atom is -0.496 e. The summed E-state index contributed by atoms with van der Waals surface area (Å²) in [5.41, 5.74) is 6.65. The van der Waals surface area contributed by atoms with E-state index in [1.54, 1.807) is 26.4 Å². The molecule has 0 aliphatic heterocycles. The molecular weight excluding hydrogens is 272 g/mol. The third-order valence-corrected chi connectivity index (χ3v) is 2.83.